The Balaban J connectivity index is 2.19. The van der Waals surface area contributed by atoms with Crippen LogP contribution in [0.3, 0.4) is 0 Å². The van der Waals surface area contributed by atoms with Crippen LogP contribution in [-0.2, 0) is 4.74 Å². The second-order valence-electron chi connectivity index (χ2n) is 5.02. The number of carbonyl (C=O) groups is 1. The Hall–Kier alpha value is -1.88. The summed E-state index contributed by atoms with van der Waals surface area (Å²) in [5.74, 6) is 0. The van der Waals surface area contributed by atoms with Gasteiger partial charge in [0, 0.05) is 0 Å². The number of nitrogens with one attached hydrogen (secondary N) is 1. The summed E-state index contributed by atoms with van der Waals surface area (Å²) in [4.78, 5) is 19.9. The maximum Gasteiger partial charge on any atom is 0.412 e. The Bertz CT molecular complexity index is 623. The Morgan fingerprint density at radius 1 is 1.32 bits per heavy atom. The van der Waals surface area contributed by atoms with Crippen molar-refractivity contribution in [1.29, 1.82) is 0 Å². The van der Waals surface area contributed by atoms with Crippen molar-refractivity contribution in [3.8, 4) is 0 Å². The van der Waals surface area contributed by atoms with Crippen molar-refractivity contribution in [2.45, 2.75) is 26.4 Å². The minimum Gasteiger partial charge on any atom is -0.444 e. The number of ether oxygens (including phenoxy) is 1. The van der Waals surface area contributed by atoms with Crippen molar-refractivity contribution in [2.75, 3.05) is 5.32 Å². The number of fused-ring (bicyclic) bond motifs is 1. The average molecular weight is 280 g/mol. The number of nitrogens with zero attached hydrogens (tertiary/aromatic N) is 2. The molecule has 0 aliphatic rings. The van der Waals surface area contributed by atoms with Gasteiger partial charge in [0.15, 0.2) is 0 Å². The largest absolute Gasteiger partial charge is 0.444 e. The topological polar surface area (TPSA) is 64.1 Å². The van der Waals surface area contributed by atoms with E-state index in [4.69, 9.17) is 16.3 Å². The van der Waals surface area contributed by atoms with E-state index in [1.807, 2.05) is 0 Å². The highest BCUT2D eigenvalue weighted by molar-refractivity contribution is 6.29. The van der Waals surface area contributed by atoms with E-state index >= 15 is 0 Å². The number of amides is 1. The molecule has 2 aromatic heterocycles. The minimum absolute atomic E-state index is 0.378. The molecule has 1 N–H and O–H groups in total. The van der Waals surface area contributed by atoms with Crippen molar-refractivity contribution >= 4 is 34.4 Å². The molecule has 0 saturated heterocycles. The molecule has 2 aromatic rings. The molecule has 0 bridgehead atoms. The van der Waals surface area contributed by atoms with E-state index in [2.05, 4.69) is 15.3 Å². The van der Waals surface area contributed by atoms with E-state index in [0.717, 1.165) is 0 Å². The van der Waals surface area contributed by atoms with Crippen LogP contribution in [0.25, 0.3) is 11.0 Å². The average Bonchev–Trinajstić information content (AvgIpc) is 2.25. The zero-order chi connectivity index (χ0) is 14.0. The first-order valence-corrected chi connectivity index (χ1v) is 6.14. The zero-order valence-corrected chi connectivity index (χ0v) is 11.7. The van der Waals surface area contributed by atoms with Crippen molar-refractivity contribution < 1.29 is 9.53 Å². The Labute approximate surface area is 116 Å². The highest BCUT2D eigenvalue weighted by Crippen LogP contribution is 2.18. The second kappa shape index (κ2) is 5.01. The van der Waals surface area contributed by atoms with Crippen LogP contribution in [-0.4, -0.2) is 21.7 Å². The number of hydrogen-bond acceptors (Lipinski definition) is 4. The third-order valence-corrected chi connectivity index (χ3v) is 2.36. The van der Waals surface area contributed by atoms with Crippen LogP contribution in [0.1, 0.15) is 20.8 Å². The Kier molecular flexibility index (Phi) is 3.57. The summed E-state index contributed by atoms with van der Waals surface area (Å²) >= 11 is 5.81. The maximum absolute atomic E-state index is 11.6. The lowest BCUT2D eigenvalue weighted by Gasteiger charge is -2.19. The third-order valence-electron chi connectivity index (χ3n) is 2.15. The number of anilines is 1. The van der Waals surface area contributed by atoms with Crippen LogP contribution in [0.5, 0.6) is 0 Å². The van der Waals surface area contributed by atoms with Gasteiger partial charge in [-0.1, -0.05) is 11.6 Å². The van der Waals surface area contributed by atoms with E-state index in [0.29, 0.717) is 21.9 Å². The Morgan fingerprint density at radius 3 is 2.74 bits per heavy atom. The predicted octanol–water partition coefficient (Wildman–Crippen LogP) is 3.63. The van der Waals surface area contributed by atoms with Crippen LogP contribution in [0.15, 0.2) is 24.4 Å². The van der Waals surface area contributed by atoms with Gasteiger partial charge in [-0.05, 0) is 39.0 Å². The molecule has 1 amide bonds. The number of halogens is 1. The first-order chi connectivity index (χ1) is 8.83. The molecule has 0 atom stereocenters. The van der Waals surface area contributed by atoms with Crippen molar-refractivity contribution in [2.24, 2.45) is 0 Å². The first kappa shape index (κ1) is 13.5. The van der Waals surface area contributed by atoms with Crippen LogP contribution < -0.4 is 5.32 Å². The Morgan fingerprint density at radius 2 is 2.05 bits per heavy atom. The van der Waals surface area contributed by atoms with Crippen LogP contribution >= 0.6 is 11.6 Å². The van der Waals surface area contributed by atoms with E-state index < -0.39 is 11.7 Å². The third kappa shape index (κ3) is 3.79. The van der Waals surface area contributed by atoms with Crippen LogP contribution in [0.4, 0.5) is 10.5 Å². The molecule has 0 aliphatic carbocycles. The number of hydrogen-bond donors (Lipinski definition) is 1. The molecule has 2 heterocycles. The molecule has 0 aliphatic heterocycles. The predicted molar refractivity (Wildman–Crippen MR) is 74.4 cm³/mol. The fourth-order valence-electron chi connectivity index (χ4n) is 1.47. The summed E-state index contributed by atoms with van der Waals surface area (Å²) in [6.07, 6.45) is 1.01. The lowest BCUT2D eigenvalue weighted by atomic mass is 10.2. The van der Waals surface area contributed by atoms with Gasteiger partial charge in [-0.2, -0.15) is 0 Å². The molecule has 0 fully saturated rings. The summed E-state index contributed by atoms with van der Waals surface area (Å²) in [5, 5.41) is 2.98. The van der Waals surface area contributed by atoms with Gasteiger partial charge in [0.25, 0.3) is 0 Å². The SMILES string of the molecule is CC(C)(C)OC(=O)Nc1cnc2ccc(Cl)nc2c1. The monoisotopic (exact) mass is 279 g/mol. The van der Waals surface area contributed by atoms with Gasteiger partial charge in [0.2, 0.25) is 0 Å². The maximum atomic E-state index is 11.6. The van der Waals surface area contributed by atoms with Crippen LogP contribution in [0, 0.1) is 0 Å². The smallest absolute Gasteiger partial charge is 0.412 e. The van der Waals surface area contributed by atoms with E-state index in [-0.39, 0.29) is 0 Å². The van der Waals surface area contributed by atoms with E-state index in [9.17, 15) is 4.79 Å². The summed E-state index contributed by atoms with van der Waals surface area (Å²) in [6, 6.07) is 5.12. The molecular formula is C13H14ClN3O2. The highest BCUT2D eigenvalue weighted by atomic mass is 35.5. The van der Waals surface area contributed by atoms with Gasteiger partial charge in [-0.15, -0.1) is 0 Å². The molecule has 2 rings (SSSR count). The van der Waals surface area contributed by atoms with Crippen LogP contribution in [0.2, 0.25) is 5.15 Å². The molecule has 0 saturated carbocycles. The van der Waals surface area contributed by atoms with Crippen molar-refractivity contribution in [3.05, 3.63) is 29.5 Å². The molecule has 0 unspecified atom stereocenters. The molecule has 6 heteroatoms. The molecule has 0 radical (unpaired) electrons. The standard InChI is InChI=1S/C13H14ClN3O2/c1-13(2,3)19-12(18)16-8-6-10-9(15-7-8)4-5-11(14)17-10/h4-7H,1-3H3,(H,16,18). The molecule has 19 heavy (non-hydrogen) atoms. The molecule has 0 spiro atoms. The fraction of sp³-hybridized carbons (Fsp3) is 0.308. The van der Waals surface area contributed by atoms with Gasteiger partial charge in [-0.3, -0.25) is 10.3 Å². The number of carbonyl (C=O) groups excluding carboxylic acids is 1. The van der Waals surface area contributed by atoms with E-state index in [1.54, 1.807) is 45.2 Å². The minimum atomic E-state index is -0.546. The number of rotatable bonds is 1. The first-order valence-electron chi connectivity index (χ1n) is 5.76. The molecule has 5 nitrogen and oxygen atoms in total. The van der Waals surface area contributed by atoms with Crippen molar-refractivity contribution in [1.82, 2.24) is 9.97 Å². The zero-order valence-electron chi connectivity index (χ0n) is 10.9. The van der Waals surface area contributed by atoms with Crippen molar-refractivity contribution in [3.63, 3.8) is 0 Å². The summed E-state index contributed by atoms with van der Waals surface area (Å²) in [6.45, 7) is 5.39. The van der Waals surface area contributed by atoms with E-state index in [1.165, 1.54) is 0 Å². The lowest BCUT2D eigenvalue weighted by molar-refractivity contribution is 0.0636. The number of pyridine rings is 2. The summed E-state index contributed by atoms with van der Waals surface area (Å²) in [7, 11) is 0. The highest BCUT2D eigenvalue weighted by Gasteiger charge is 2.16. The van der Waals surface area contributed by atoms with Gasteiger partial charge in [0.05, 0.1) is 22.9 Å². The number of aromatic nitrogens is 2. The molecule has 100 valence electrons. The molecule has 0 aromatic carbocycles. The van der Waals surface area contributed by atoms with Gasteiger partial charge in [0.1, 0.15) is 10.8 Å². The quantitative estimate of drug-likeness (QED) is 0.810. The van der Waals surface area contributed by atoms with Gasteiger partial charge in [-0.25, -0.2) is 9.78 Å². The van der Waals surface area contributed by atoms with Gasteiger partial charge >= 0.3 is 6.09 Å². The summed E-state index contributed by atoms with van der Waals surface area (Å²) < 4.78 is 5.15. The fourth-order valence-corrected chi connectivity index (χ4v) is 1.63. The second-order valence-corrected chi connectivity index (χ2v) is 5.41. The summed E-state index contributed by atoms with van der Waals surface area (Å²) in [5.41, 5.74) is 1.28. The molecular weight excluding hydrogens is 266 g/mol. The van der Waals surface area contributed by atoms with Gasteiger partial charge < -0.3 is 4.74 Å². The lowest BCUT2D eigenvalue weighted by Crippen LogP contribution is -2.27. The normalized spacial score (nSPS) is 11.4.